The summed E-state index contributed by atoms with van der Waals surface area (Å²) in [5.41, 5.74) is 6.05. The van der Waals surface area contributed by atoms with Gasteiger partial charge in [-0.05, 0) is 43.1 Å². The topological polar surface area (TPSA) is 96.5 Å². The predicted molar refractivity (Wildman–Crippen MR) is 165 cm³/mol. The molecule has 0 saturated carbocycles. The number of rotatable bonds is 10. The molecule has 0 radical (unpaired) electrons. The molecule has 3 N–H and O–H groups in total. The van der Waals surface area contributed by atoms with Crippen molar-refractivity contribution in [3.63, 3.8) is 0 Å². The van der Waals surface area contributed by atoms with Crippen molar-refractivity contribution in [3.8, 4) is 0 Å². The van der Waals surface area contributed by atoms with Gasteiger partial charge in [0, 0.05) is 23.2 Å². The minimum absolute atomic E-state index is 0. The van der Waals surface area contributed by atoms with Crippen molar-refractivity contribution in [2.45, 2.75) is 37.5 Å². The Balaban J connectivity index is 0.00000387. The van der Waals surface area contributed by atoms with Crippen LogP contribution in [0.4, 0.5) is 5.69 Å². The molecule has 2 aliphatic rings. The van der Waals surface area contributed by atoms with Crippen molar-refractivity contribution in [3.05, 3.63) is 101 Å². The second-order valence-electron chi connectivity index (χ2n) is 10.7. The second kappa shape index (κ2) is 13.2. The number of quaternary nitrogens is 1. The van der Waals surface area contributed by atoms with Gasteiger partial charge in [0.15, 0.2) is 5.69 Å². The van der Waals surface area contributed by atoms with Gasteiger partial charge < -0.3 is 10.1 Å². The highest BCUT2D eigenvalue weighted by molar-refractivity contribution is 7.90. The standard InChI is InChI=1S/C30H35ClN4O4S.ClH/c1-40(37,38)35(22-30(15-17-32-18-16-30)25-12-6-8-14-28(25)35)34-29(36)27(33-19-23-9-3-2-4-10-23)21-39-20-24-11-5-7-13-26(24)31;/h2-14,27,32-33H,15-22H2,1H3;1H/p+1. The number of piperidine rings is 1. The first-order valence-electron chi connectivity index (χ1n) is 13.5. The van der Waals surface area contributed by atoms with E-state index in [1.165, 1.54) is 6.26 Å². The van der Waals surface area contributed by atoms with Gasteiger partial charge in [0.05, 0.1) is 24.9 Å². The average Bonchev–Trinajstić information content (AvgIpc) is 3.22. The molecule has 11 heteroatoms. The lowest BCUT2D eigenvalue weighted by Gasteiger charge is -2.36. The van der Waals surface area contributed by atoms with Crippen LogP contribution in [-0.4, -0.2) is 52.9 Å². The molecule has 1 saturated heterocycles. The van der Waals surface area contributed by atoms with E-state index in [9.17, 15) is 13.2 Å². The van der Waals surface area contributed by atoms with Crippen LogP contribution in [0.25, 0.3) is 0 Å². The first-order chi connectivity index (χ1) is 19.2. The Hall–Kier alpha value is -2.50. The van der Waals surface area contributed by atoms with E-state index in [2.05, 4.69) is 16.1 Å². The minimum atomic E-state index is -3.82. The fourth-order valence-corrected chi connectivity index (χ4v) is 7.31. The first kappa shape index (κ1) is 31.4. The van der Waals surface area contributed by atoms with Crippen molar-refractivity contribution >= 4 is 45.6 Å². The van der Waals surface area contributed by atoms with Gasteiger partial charge in [0.2, 0.25) is 0 Å². The average molecular weight is 621 g/mol. The summed E-state index contributed by atoms with van der Waals surface area (Å²) in [7, 11) is -3.82. The highest BCUT2D eigenvalue weighted by Crippen LogP contribution is 2.50. The number of hydrogen-bond donors (Lipinski definition) is 3. The van der Waals surface area contributed by atoms with E-state index in [1.807, 2.05) is 72.8 Å². The Kier molecular flexibility index (Phi) is 10.1. The van der Waals surface area contributed by atoms with Gasteiger partial charge in [0.1, 0.15) is 12.6 Å². The molecule has 1 spiro atoms. The van der Waals surface area contributed by atoms with Gasteiger partial charge in [-0.3, -0.25) is 10.1 Å². The molecule has 2 atom stereocenters. The number of carbonyl (C=O) groups is 1. The largest absolute Gasteiger partial charge is 0.375 e. The Labute approximate surface area is 253 Å². The maximum absolute atomic E-state index is 14.0. The summed E-state index contributed by atoms with van der Waals surface area (Å²) in [5, 5.41) is 7.26. The SMILES string of the molecule is CS(=O)(=O)[N+]1(NC(=O)C(COCc2ccccc2Cl)NCc2ccccc2)CC2(CCNCC2)c2ccccc21.Cl. The number of halogens is 2. The molecule has 41 heavy (non-hydrogen) atoms. The monoisotopic (exact) mass is 619 g/mol. The summed E-state index contributed by atoms with van der Waals surface area (Å²) in [6.07, 6.45) is 2.79. The second-order valence-corrected chi connectivity index (χ2v) is 13.2. The molecule has 3 aromatic rings. The molecule has 2 aliphatic heterocycles. The van der Waals surface area contributed by atoms with Crippen LogP contribution in [-0.2, 0) is 38.1 Å². The molecular formula is C30H37Cl2N4O4S+. The molecule has 2 unspecified atom stereocenters. The third-order valence-electron chi connectivity index (χ3n) is 8.02. The molecule has 3 aromatic carbocycles. The normalized spacial score (nSPS) is 20.1. The van der Waals surface area contributed by atoms with E-state index in [-0.39, 0.29) is 37.6 Å². The lowest BCUT2D eigenvalue weighted by Crippen LogP contribution is -2.68. The zero-order valence-electron chi connectivity index (χ0n) is 23.0. The van der Waals surface area contributed by atoms with E-state index in [0.29, 0.717) is 17.3 Å². The van der Waals surface area contributed by atoms with Crippen LogP contribution in [0.5, 0.6) is 0 Å². The first-order valence-corrected chi connectivity index (χ1v) is 15.8. The van der Waals surface area contributed by atoms with Crippen molar-refractivity contribution < 1.29 is 17.9 Å². The highest BCUT2D eigenvalue weighted by atomic mass is 35.5. The minimum Gasteiger partial charge on any atom is -0.375 e. The summed E-state index contributed by atoms with van der Waals surface area (Å²) in [4.78, 5) is 14.0. The molecule has 220 valence electrons. The molecule has 0 bridgehead atoms. The smallest absolute Gasteiger partial charge is 0.321 e. The zero-order chi connectivity index (χ0) is 28.2. The van der Waals surface area contributed by atoms with Crippen LogP contribution in [0, 0.1) is 0 Å². The molecule has 0 aromatic heterocycles. The van der Waals surface area contributed by atoms with Crippen molar-refractivity contribution in [1.29, 1.82) is 0 Å². The lowest BCUT2D eigenvalue weighted by molar-refractivity contribution is -0.127. The third kappa shape index (κ3) is 6.62. The molecule has 2 heterocycles. The molecule has 5 rings (SSSR count). The maximum Gasteiger partial charge on any atom is 0.321 e. The Bertz CT molecular complexity index is 1450. The molecule has 1 amide bonds. The summed E-state index contributed by atoms with van der Waals surface area (Å²) in [5.74, 6) is -0.443. The van der Waals surface area contributed by atoms with Crippen LogP contribution in [0.1, 0.15) is 29.5 Å². The number of para-hydroxylation sites is 1. The number of nitrogens with one attached hydrogen (secondary N) is 3. The van der Waals surface area contributed by atoms with Gasteiger partial charge in [-0.15, -0.1) is 12.4 Å². The number of hydrogen-bond acceptors (Lipinski definition) is 6. The predicted octanol–water partition coefficient (Wildman–Crippen LogP) is 4.07. The van der Waals surface area contributed by atoms with Crippen LogP contribution >= 0.6 is 24.0 Å². The van der Waals surface area contributed by atoms with E-state index in [4.69, 9.17) is 16.3 Å². The third-order valence-corrected chi connectivity index (χ3v) is 9.94. The zero-order valence-corrected chi connectivity index (χ0v) is 25.4. The summed E-state index contributed by atoms with van der Waals surface area (Å²) >= 11 is 6.30. The van der Waals surface area contributed by atoms with Crippen molar-refractivity contribution in [2.24, 2.45) is 0 Å². The Morgan fingerprint density at radius 1 is 1.02 bits per heavy atom. The highest BCUT2D eigenvalue weighted by Gasteiger charge is 2.60. The Morgan fingerprint density at radius 2 is 1.68 bits per heavy atom. The van der Waals surface area contributed by atoms with Gasteiger partial charge in [-0.25, -0.2) is 0 Å². The molecule has 8 nitrogen and oxygen atoms in total. The van der Waals surface area contributed by atoms with Gasteiger partial charge in [-0.1, -0.05) is 82.3 Å². The van der Waals surface area contributed by atoms with E-state index >= 15 is 0 Å². The van der Waals surface area contributed by atoms with E-state index < -0.39 is 26.0 Å². The molecule has 1 fully saturated rings. The maximum atomic E-state index is 14.0. The molecular weight excluding hydrogens is 583 g/mol. The lowest BCUT2D eigenvalue weighted by atomic mass is 9.75. The fourth-order valence-electron chi connectivity index (χ4n) is 5.87. The molecule has 0 aliphatic carbocycles. The van der Waals surface area contributed by atoms with Crippen LogP contribution in [0.3, 0.4) is 0 Å². The van der Waals surface area contributed by atoms with Crippen LogP contribution < -0.4 is 20.1 Å². The summed E-state index contributed by atoms with van der Waals surface area (Å²) in [6.45, 7) is 2.52. The number of nitrogens with zero attached hydrogens (tertiary/aromatic N) is 1. The number of ether oxygens (including phenoxy) is 1. The number of benzene rings is 3. The van der Waals surface area contributed by atoms with Gasteiger partial charge in [0.25, 0.3) is 5.91 Å². The van der Waals surface area contributed by atoms with Gasteiger partial charge in [-0.2, -0.15) is 13.8 Å². The number of sulfonamides is 1. The van der Waals surface area contributed by atoms with Crippen molar-refractivity contribution in [2.75, 3.05) is 32.5 Å². The van der Waals surface area contributed by atoms with Crippen LogP contribution in [0.15, 0.2) is 78.9 Å². The number of carbonyl (C=O) groups excluding carboxylic acids is 1. The van der Waals surface area contributed by atoms with E-state index in [1.54, 1.807) is 6.07 Å². The summed E-state index contributed by atoms with van der Waals surface area (Å²) in [6, 6.07) is 23.9. The summed E-state index contributed by atoms with van der Waals surface area (Å²) < 4.78 is 32.5. The number of amides is 1. The quantitative estimate of drug-likeness (QED) is 0.296. The van der Waals surface area contributed by atoms with E-state index in [0.717, 1.165) is 42.6 Å². The van der Waals surface area contributed by atoms with Crippen molar-refractivity contribution in [1.82, 2.24) is 20.1 Å². The number of fused-ring (bicyclic) bond motifs is 2. The fraction of sp³-hybridized carbons (Fsp3) is 0.367. The Morgan fingerprint density at radius 3 is 2.39 bits per heavy atom. The van der Waals surface area contributed by atoms with Gasteiger partial charge >= 0.3 is 10.0 Å². The van der Waals surface area contributed by atoms with Crippen LogP contribution in [0.2, 0.25) is 5.02 Å².